The van der Waals surface area contributed by atoms with E-state index in [-0.39, 0.29) is 24.8 Å². The van der Waals surface area contributed by atoms with Crippen molar-refractivity contribution in [1.29, 1.82) is 0 Å². The second-order valence-electron chi connectivity index (χ2n) is 11.7. The molecule has 40 heavy (non-hydrogen) atoms. The first-order valence-corrected chi connectivity index (χ1v) is 14.7. The van der Waals surface area contributed by atoms with Crippen LogP contribution in [0.2, 0.25) is 0 Å². The zero-order valence-electron chi connectivity index (χ0n) is 24.2. The molecule has 1 saturated heterocycles. The van der Waals surface area contributed by atoms with Crippen LogP contribution in [-0.2, 0) is 25.9 Å². The Morgan fingerprint density at radius 2 is 1.50 bits per heavy atom. The molecule has 2 aliphatic heterocycles. The van der Waals surface area contributed by atoms with Crippen LogP contribution in [0.5, 0.6) is 0 Å². The van der Waals surface area contributed by atoms with Gasteiger partial charge in [-0.3, -0.25) is 14.6 Å². The molecule has 5 heteroatoms. The summed E-state index contributed by atoms with van der Waals surface area (Å²) in [5, 5.41) is 0. The number of carbonyl (C=O) groups is 1. The average molecular weight is 582 g/mol. The fourth-order valence-electron chi connectivity index (χ4n) is 6.33. The molecule has 2 aliphatic rings. The fourth-order valence-corrected chi connectivity index (χ4v) is 6.33. The van der Waals surface area contributed by atoms with Gasteiger partial charge in [0.1, 0.15) is 0 Å². The number of hydrogen-bond donors (Lipinski definition) is 0. The van der Waals surface area contributed by atoms with E-state index in [1.54, 1.807) is 0 Å². The molecule has 0 N–H and O–H groups in total. The van der Waals surface area contributed by atoms with Crippen molar-refractivity contribution in [3.63, 3.8) is 0 Å². The Morgan fingerprint density at radius 3 is 2.25 bits per heavy atom. The Balaban J connectivity index is 0.00000220. The molecule has 2 heterocycles. The summed E-state index contributed by atoms with van der Waals surface area (Å²) in [6, 6.07) is 24.1. The summed E-state index contributed by atoms with van der Waals surface area (Å²) in [6.07, 6.45) is 7.50. The van der Waals surface area contributed by atoms with Gasteiger partial charge in [0, 0.05) is 38.2 Å². The van der Waals surface area contributed by atoms with Crippen LogP contribution in [0.4, 0.5) is 0 Å². The lowest BCUT2D eigenvalue weighted by Gasteiger charge is -2.32. The van der Waals surface area contributed by atoms with E-state index in [0.29, 0.717) is 12.2 Å². The Hall–Kier alpha value is -2.17. The quantitative estimate of drug-likeness (QED) is 0.239. The number of aryl methyl sites for hydroxylation is 2. The van der Waals surface area contributed by atoms with Gasteiger partial charge in [0.2, 0.25) is 0 Å². The number of benzene rings is 3. The third kappa shape index (κ3) is 8.91. The lowest BCUT2D eigenvalue weighted by atomic mass is 9.90. The van der Waals surface area contributed by atoms with Gasteiger partial charge in [-0.05, 0) is 105 Å². The molecule has 0 unspecified atom stereocenters. The molecule has 0 atom stereocenters. The molecular weight excluding hydrogens is 535 g/mol. The minimum absolute atomic E-state index is 0. The maximum atomic E-state index is 13.1. The van der Waals surface area contributed by atoms with Gasteiger partial charge < -0.3 is 0 Å². The molecule has 5 rings (SSSR count). The highest BCUT2D eigenvalue weighted by Gasteiger charge is 2.20. The molecule has 1 fully saturated rings. The summed E-state index contributed by atoms with van der Waals surface area (Å²) in [7, 11) is 0. The first-order valence-electron chi connectivity index (χ1n) is 14.7. The second kappa shape index (κ2) is 15.7. The molecule has 0 aromatic heterocycles. The number of ketones is 1. The van der Waals surface area contributed by atoms with Gasteiger partial charge in [-0.1, -0.05) is 66.2 Å². The first kappa shape index (κ1) is 32.3. The number of fused-ring (bicyclic) bond motifs is 1. The van der Waals surface area contributed by atoms with Crippen LogP contribution in [0, 0.1) is 19.8 Å². The highest BCUT2D eigenvalue weighted by molar-refractivity contribution is 5.96. The molecule has 3 aromatic rings. The van der Waals surface area contributed by atoms with Crippen LogP contribution in [0.25, 0.3) is 0 Å². The summed E-state index contributed by atoms with van der Waals surface area (Å²) in [4.78, 5) is 18.2. The number of Topliss-reactive ketones (excluding diaryl/α,β-unsaturated/α-hetero) is 1. The number of rotatable bonds is 9. The molecule has 216 valence electrons. The van der Waals surface area contributed by atoms with Crippen molar-refractivity contribution in [2.24, 2.45) is 5.92 Å². The maximum absolute atomic E-state index is 13.1. The molecule has 0 aliphatic carbocycles. The molecule has 0 spiro atoms. The largest absolute Gasteiger partial charge is 0.299 e. The number of piperidine rings is 1. The van der Waals surface area contributed by atoms with Crippen molar-refractivity contribution in [1.82, 2.24) is 9.80 Å². The van der Waals surface area contributed by atoms with E-state index >= 15 is 0 Å². The summed E-state index contributed by atoms with van der Waals surface area (Å²) >= 11 is 0. The number of nitrogens with zero attached hydrogens (tertiary/aromatic N) is 2. The normalized spacial score (nSPS) is 16.4. The lowest BCUT2D eigenvalue weighted by molar-refractivity contribution is 0.0974. The predicted octanol–water partition coefficient (Wildman–Crippen LogP) is 8.01. The lowest BCUT2D eigenvalue weighted by Crippen LogP contribution is -2.33. The van der Waals surface area contributed by atoms with Gasteiger partial charge in [0.25, 0.3) is 0 Å². The van der Waals surface area contributed by atoms with Crippen molar-refractivity contribution >= 4 is 30.6 Å². The summed E-state index contributed by atoms with van der Waals surface area (Å²) in [6.45, 7) is 10.9. The highest BCUT2D eigenvalue weighted by atomic mass is 35.5. The number of likely N-dealkylation sites (tertiary alicyclic amines) is 1. The standard InChI is InChI=1S/C35H44N2O.2ClH/c1-27-7-5-10-30(23-27)25-36-19-15-29(16-20-36)9-6-12-35(38)33-14-13-31-17-21-37(22-18-32(31)24-33)26-34-11-4-3-8-28(34)2;;/h3-5,7-8,10-11,13-14,23-24,29H,6,9,12,15-22,25-26H2,1-2H3;2*1H. The van der Waals surface area contributed by atoms with E-state index in [9.17, 15) is 4.79 Å². The molecule has 0 radical (unpaired) electrons. The minimum Gasteiger partial charge on any atom is -0.299 e. The van der Waals surface area contributed by atoms with Crippen molar-refractivity contribution in [3.05, 3.63) is 106 Å². The molecule has 0 bridgehead atoms. The maximum Gasteiger partial charge on any atom is 0.162 e. The highest BCUT2D eigenvalue weighted by Crippen LogP contribution is 2.25. The van der Waals surface area contributed by atoms with Gasteiger partial charge in [0.15, 0.2) is 5.78 Å². The van der Waals surface area contributed by atoms with Crippen LogP contribution in [0.1, 0.15) is 75.8 Å². The molecule has 0 amide bonds. The Bertz CT molecular complexity index is 1240. The first-order chi connectivity index (χ1) is 18.5. The summed E-state index contributed by atoms with van der Waals surface area (Å²) < 4.78 is 0. The monoisotopic (exact) mass is 580 g/mol. The van der Waals surface area contributed by atoms with E-state index in [4.69, 9.17) is 0 Å². The number of hydrogen-bond acceptors (Lipinski definition) is 3. The number of halogens is 2. The zero-order valence-corrected chi connectivity index (χ0v) is 25.9. The minimum atomic E-state index is 0. The van der Waals surface area contributed by atoms with Crippen LogP contribution >= 0.6 is 24.8 Å². The number of carbonyl (C=O) groups excluding carboxylic acids is 1. The van der Waals surface area contributed by atoms with E-state index in [1.807, 2.05) is 0 Å². The SMILES string of the molecule is Cc1cccc(CN2CCC(CCCC(=O)c3ccc4c(c3)CCN(Cc3ccccc3C)CC4)CC2)c1.Cl.Cl. The van der Waals surface area contributed by atoms with Crippen LogP contribution < -0.4 is 0 Å². The van der Waals surface area contributed by atoms with Gasteiger partial charge >= 0.3 is 0 Å². The van der Waals surface area contributed by atoms with E-state index < -0.39 is 0 Å². The van der Waals surface area contributed by atoms with Crippen molar-refractivity contribution in [2.75, 3.05) is 26.2 Å². The molecular formula is C35H46Cl2N2O. The van der Waals surface area contributed by atoms with Crippen LogP contribution in [-0.4, -0.2) is 41.8 Å². The van der Waals surface area contributed by atoms with Gasteiger partial charge in [-0.25, -0.2) is 0 Å². The van der Waals surface area contributed by atoms with Crippen molar-refractivity contribution in [3.8, 4) is 0 Å². The average Bonchev–Trinajstić information content (AvgIpc) is 3.13. The van der Waals surface area contributed by atoms with Gasteiger partial charge in [-0.15, -0.1) is 24.8 Å². The van der Waals surface area contributed by atoms with Crippen LogP contribution in [0.3, 0.4) is 0 Å². The Kier molecular flexibility index (Phi) is 12.7. The van der Waals surface area contributed by atoms with E-state index in [0.717, 1.165) is 56.9 Å². The summed E-state index contributed by atoms with van der Waals surface area (Å²) in [5.74, 6) is 1.09. The third-order valence-electron chi connectivity index (χ3n) is 8.79. The van der Waals surface area contributed by atoms with Crippen molar-refractivity contribution in [2.45, 2.75) is 71.9 Å². The Labute approximate surface area is 254 Å². The van der Waals surface area contributed by atoms with E-state index in [1.165, 1.54) is 65.7 Å². The van der Waals surface area contributed by atoms with E-state index in [2.05, 4.69) is 90.4 Å². The van der Waals surface area contributed by atoms with Crippen molar-refractivity contribution < 1.29 is 4.79 Å². The summed E-state index contributed by atoms with van der Waals surface area (Å²) in [5.41, 5.74) is 9.28. The molecule has 0 saturated carbocycles. The van der Waals surface area contributed by atoms with Gasteiger partial charge in [-0.2, -0.15) is 0 Å². The molecule has 3 aromatic carbocycles. The smallest absolute Gasteiger partial charge is 0.162 e. The van der Waals surface area contributed by atoms with Crippen LogP contribution in [0.15, 0.2) is 66.7 Å². The second-order valence-corrected chi connectivity index (χ2v) is 11.7. The zero-order chi connectivity index (χ0) is 26.3. The fraction of sp³-hybridized carbons (Fsp3) is 0.457. The topological polar surface area (TPSA) is 23.6 Å². The predicted molar refractivity (Wildman–Crippen MR) is 172 cm³/mol. The molecule has 3 nitrogen and oxygen atoms in total. The Morgan fingerprint density at radius 1 is 0.775 bits per heavy atom. The van der Waals surface area contributed by atoms with Gasteiger partial charge in [0.05, 0.1) is 0 Å². The third-order valence-corrected chi connectivity index (χ3v) is 8.79.